The number of hydrogen-bond donors (Lipinski definition) is 2. The molecule has 0 amide bonds. The summed E-state index contributed by atoms with van der Waals surface area (Å²) in [6.45, 7) is 5.77. The zero-order valence-electron chi connectivity index (χ0n) is 13.6. The van der Waals surface area contributed by atoms with Gasteiger partial charge in [0, 0.05) is 30.2 Å². The molecule has 2 N–H and O–H groups in total. The Balaban J connectivity index is 1.97. The van der Waals surface area contributed by atoms with E-state index < -0.39 is 5.97 Å². The van der Waals surface area contributed by atoms with Crippen LogP contribution >= 0.6 is 0 Å². The van der Waals surface area contributed by atoms with E-state index in [1.165, 1.54) is 18.4 Å². The van der Waals surface area contributed by atoms with Crippen molar-refractivity contribution in [1.29, 1.82) is 0 Å². The molecule has 5 heteroatoms. The summed E-state index contributed by atoms with van der Waals surface area (Å²) in [5.41, 5.74) is 3.30. The second-order valence-corrected chi connectivity index (χ2v) is 6.36. The summed E-state index contributed by atoms with van der Waals surface area (Å²) < 4.78 is 2.03. The lowest BCUT2D eigenvalue weighted by atomic mass is 10.0. The number of carbonyl (C=O) groups is 1. The molecule has 0 atom stereocenters. The minimum atomic E-state index is -0.884. The summed E-state index contributed by atoms with van der Waals surface area (Å²) in [6.07, 6.45) is 5.53. The van der Waals surface area contributed by atoms with Crippen LogP contribution < -0.4 is 0 Å². The molecule has 1 aromatic carbocycles. The number of aromatic nitrogens is 1. The summed E-state index contributed by atoms with van der Waals surface area (Å²) in [6, 6.07) is 3.72. The first-order chi connectivity index (χ1) is 11.1. The molecule has 124 valence electrons. The Morgan fingerprint density at radius 1 is 1.22 bits per heavy atom. The Bertz CT molecular complexity index is 715. The maximum Gasteiger partial charge on any atom is 0.335 e. The molecule has 1 aliphatic rings. The fourth-order valence-electron chi connectivity index (χ4n) is 3.52. The highest BCUT2D eigenvalue weighted by atomic mass is 16.4. The molecule has 0 saturated carbocycles. The van der Waals surface area contributed by atoms with Gasteiger partial charge >= 0.3 is 5.97 Å². The minimum absolute atomic E-state index is 0.0784. The predicted octanol–water partition coefficient (Wildman–Crippen LogP) is 2.28. The highest BCUT2D eigenvalue weighted by Crippen LogP contribution is 2.26. The third-order valence-electron chi connectivity index (χ3n) is 4.78. The zero-order valence-corrected chi connectivity index (χ0v) is 13.6. The smallest absolute Gasteiger partial charge is 0.335 e. The van der Waals surface area contributed by atoms with E-state index in [1.807, 2.05) is 17.6 Å². The first-order valence-electron chi connectivity index (χ1n) is 8.29. The predicted molar refractivity (Wildman–Crippen MR) is 90.1 cm³/mol. The fourth-order valence-corrected chi connectivity index (χ4v) is 3.52. The molecule has 0 bridgehead atoms. The second-order valence-electron chi connectivity index (χ2n) is 6.36. The van der Waals surface area contributed by atoms with E-state index in [0.29, 0.717) is 12.1 Å². The molecular formula is C18H24N2O3. The normalized spacial score (nSPS) is 15.6. The number of benzene rings is 1. The number of aryl methyl sites for hydroxylation is 1. The molecule has 1 aliphatic heterocycles. The number of nitrogens with zero attached hydrogens (tertiary/aromatic N) is 2. The lowest BCUT2D eigenvalue weighted by Gasteiger charge is -2.13. The maximum absolute atomic E-state index is 11.4. The number of carboxylic acid groups (broad SMARTS) is 1. The van der Waals surface area contributed by atoms with Gasteiger partial charge in [-0.3, -0.25) is 0 Å². The molecule has 2 heterocycles. The number of hydrogen-bond acceptors (Lipinski definition) is 3. The van der Waals surface area contributed by atoms with E-state index in [-0.39, 0.29) is 6.61 Å². The van der Waals surface area contributed by atoms with E-state index in [0.717, 1.165) is 42.5 Å². The van der Waals surface area contributed by atoms with Gasteiger partial charge in [-0.15, -0.1) is 0 Å². The second kappa shape index (κ2) is 6.72. The number of carboxylic acids is 1. The molecule has 0 radical (unpaired) electrons. The minimum Gasteiger partial charge on any atom is -0.478 e. The van der Waals surface area contributed by atoms with Gasteiger partial charge in [0.1, 0.15) is 0 Å². The van der Waals surface area contributed by atoms with Gasteiger partial charge in [-0.2, -0.15) is 0 Å². The molecule has 0 spiro atoms. The van der Waals surface area contributed by atoms with Crippen LogP contribution in [0.2, 0.25) is 0 Å². The van der Waals surface area contributed by atoms with Gasteiger partial charge in [-0.1, -0.05) is 0 Å². The van der Waals surface area contributed by atoms with Crippen LogP contribution in [0.15, 0.2) is 18.3 Å². The van der Waals surface area contributed by atoms with E-state index in [2.05, 4.69) is 11.1 Å². The SMILES string of the molecule is Cc1cc2c(cc1C(=O)O)c(CCN1CCCC1)cn2CCO. The van der Waals surface area contributed by atoms with E-state index in [9.17, 15) is 15.0 Å². The van der Waals surface area contributed by atoms with Gasteiger partial charge in [0.2, 0.25) is 0 Å². The van der Waals surface area contributed by atoms with Crippen molar-refractivity contribution in [2.45, 2.75) is 32.7 Å². The van der Waals surface area contributed by atoms with Crippen LogP contribution in [0, 0.1) is 6.92 Å². The summed E-state index contributed by atoms with van der Waals surface area (Å²) in [7, 11) is 0. The quantitative estimate of drug-likeness (QED) is 0.858. The molecule has 0 aliphatic carbocycles. The summed E-state index contributed by atoms with van der Waals surface area (Å²) >= 11 is 0. The molecule has 3 rings (SSSR count). The number of rotatable bonds is 6. The van der Waals surface area contributed by atoms with E-state index in [4.69, 9.17) is 0 Å². The molecular weight excluding hydrogens is 292 g/mol. The van der Waals surface area contributed by atoms with Gasteiger partial charge in [0.25, 0.3) is 0 Å². The van der Waals surface area contributed by atoms with Gasteiger partial charge in [-0.05, 0) is 62.5 Å². The molecule has 1 fully saturated rings. The van der Waals surface area contributed by atoms with Crippen molar-refractivity contribution < 1.29 is 15.0 Å². The summed E-state index contributed by atoms with van der Waals surface area (Å²) in [5.74, 6) is -0.884. The number of aromatic carboxylic acids is 1. The topological polar surface area (TPSA) is 65.7 Å². The number of fused-ring (bicyclic) bond motifs is 1. The average Bonchev–Trinajstić information content (AvgIpc) is 3.13. The maximum atomic E-state index is 11.4. The van der Waals surface area contributed by atoms with Crippen LogP contribution in [0.1, 0.15) is 34.3 Å². The van der Waals surface area contributed by atoms with Crippen molar-refractivity contribution in [1.82, 2.24) is 9.47 Å². The molecule has 1 aromatic heterocycles. The lowest BCUT2D eigenvalue weighted by Crippen LogP contribution is -2.21. The molecule has 2 aromatic rings. The largest absolute Gasteiger partial charge is 0.478 e. The Kier molecular flexibility index (Phi) is 4.68. The molecule has 5 nitrogen and oxygen atoms in total. The number of likely N-dealkylation sites (tertiary alicyclic amines) is 1. The Hall–Kier alpha value is -1.85. The Morgan fingerprint density at radius 2 is 1.96 bits per heavy atom. The first kappa shape index (κ1) is 16.0. The highest BCUT2D eigenvalue weighted by molar-refractivity contribution is 5.96. The van der Waals surface area contributed by atoms with Crippen LogP contribution in [-0.2, 0) is 13.0 Å². The monoisotopic (exact) mass is 316 g/mol. The van der Waals surface area contributed by atoms with Gasteiger partial charge in [-0.25, -0.2) is 4.79 Å². The fraction of sp³-hybridized carbons (Fsp3) is 0.500. The van der Waals surface area contributed by atoms with Gasteiger partial charge in [0.05, 0.1) is 12.2 Å². The van der Waals surface area contributed by atoms with Crippen molar-refractivity contribution in [3.8, 4) is 0 Å². The van der Waals surface area contributed by atoms with Crippen molar-refractivity contribution in [3.63, 3.8) is 0 Å². The molecule has 0 unspecified atom stereocenters. The number of aliphatic hydroxyl groups excluding tert-OH is 1. The van der Waals surface area contributed by atoms with Crippen molar-refractivity contribution >= 4 is 16.9 Å². The molecule has 1 saturated heterocycles. The highest BCUT2D eigenvalue weighted by Gasteiger charge is 2.16. The number of aliphatic hydroxyl groups is 1. The third-order valence-corrected chi connectivity index (χ3v) is 4.78. The van der Waals surface area contributed by atoms with E-state index in [1.54, 1.807) is 6.07 Å². The van der Waals surface area contributed by atoms with E-state index >= 15 is 0 Å². The van der Waals surface area contributed by atoms with Crippen LogP contribution in [0.5, 0.6) is 0 Å². The average molecular weight is 316 g/mol. The zero-order chi connectivity index (χ0) is 16.4. The summed E-state index contributed by atoms with van der Waals surface area (Å²) in [5, 5.41) is 19.7. The Morgan fingerprint density at radius 3 is 2.61 bits per heavy atom. The Labute approximate surface area is 136 Å². The van der Waals surface area contributed by atoms with Crippen molar-refractivity contribution in [2.75, 3.05) is 26.2 Å². The molecule has 23 heavy (non-hydrogen) atoms. The van der Waals surface area contributed by atoms with Gasteiger partial charge in [0.15, 0.2) is 0 Å². The van der Waals surface area contributed by atoms with Crippen LogP contribution in [-0.4, -0.2) is 51.9 Å². The standard InChI is InChI=1S/C18H24N2O3/c1-13-10-17-16(11-15(13)18(22)23)14(12-20(17)8-9-21)4-7-19-5-2-3-6-19/h10-12,21H,2-9H2,1H3,(H,22,23). The van der Waals surface area contributed by atoms with Crippen LogP contribution in [0.3, 0.4) is 0 Å². The third kappa shape index (κ3) is 3.26. The van der Waals surface area contributed by atoms with Crippen molar-refractivity contribution in [2.24, 2.45) is 0 Å². The van der Waals surface area contributed by atoms with Crippen molar-refractivity contribution in [3.05, 3.63) is 35.0 Å². The van der Waals surface area contributed by atoms with Crippen LogP contribution in [0.25, 0.3) is 10.9 Å². The van der Waals surface area contributed by atoms with Crippen LogP contribution in [0.4, 0.5) is 0 Å². The van der Waals surface area contributed by atoms with Gasteiger partial charge < -0.3 is 19.7 Å². The summed E-state index contributed by atoms with van der Waals surface area (Å²) in [4.78, 5) is 13.9. The first-order valence-corrected chi connectivity index (χ1v) is 8.29. The lowest BCUT2D eigenvalue weighted by molar-refractivity contribution is 0.0696.